The van der Waals surface area contributed by atoms with Crippen LogP contribution in [-0.4, -0.2) is 26.3 Å². The third kappa shape index (κ3) is 5.21. The zero-order valence-corrected chi connectivity index (χ0v) is 22.1. The molecule has 40 heavy (non-hydrogen) atoms. The number of hydrogen-bond acceptors (Lipinski definition) is 5. The average Bonchev–Trinajstić information content (AvgIpc) is 3.60. The van der Waals surface area contributed by atoms with E-state index < -0.39 is 17.7 Å². The maximum atomic E-state index is 14.0. The fourth-order valence-corrected chi connectivity index (χ4v) is 5.19. The third-order valence-electron chi connectivity index (χ3n) is 6.62. The Labute approximate surface area is 237 Å². The van der Waals surface area contributed by atoms with Crippen molar-refractivity contribution in [1.29, 1.82) is 0 Å². The van der Waals surface area contributed by atoms with Crippen LogP contribution in [0.2, 0.25) is 10.0 Å². The van der Waals surface area contributed by atoms with E-state index in [0.717, 1.165) is 23.8 Å². The Morgan fingerprint density at radius 2 is 1.73 bits per heavy atom. The van der Waals surface area contributed by atoms with Gasteiger partial charge in [0.2, 0.25) is 0 Å². The Hall–Kier alpha value is -4.11. The molecule has 6 nitrogen and oxygen atoms in total. The summed E-state index contributed by atoms with van der Waals surface area (Å²) in [5, 5.41) is 25.3. The van der Waals surface area contributed by atoms with E-state index in [-0.39, 0.29) is 40.3 Å². The van der Waals surface area contributed by atoms with Gasteiger partial charge in [0, 0.05) is 34.4 Å². The van der Waals surface area contributed by atoms with Gasteiger partial charge in [-0.2, -0.15) is 0 Å². The van der Waals surface area contributed by atoms with Crippen LogP contribution in [0.5, 0.6) is 5.75 Å². The predicted octanol–water partition coefficient (Wildman–Crippen LogP) is 8.03. The SMILES string of the molecule is O/C(=C(/c1nc2ccc(NCc3cc(Cl)cc(Cl)c3O)cc2[nH]1)C1OC1c1ccccc1)c1cc(F)cc(F)c1. The van der Waals surface area contributed by atoms with Crippen LogP contribution in [0.25, 0.3) is 22.4 Å². The lowest BCUT2D eigenvalue weighted by molar-refractivity contribution is 0.395. The zero-order chi connectivity index (χ0) is 28.0. The number of phenols is 1. The summed E-state index contributed by atoms with van der Waals surface area (Å²) in [5.74, 6) is -1.72. The number of halogens is 4. The van der Waals surface area contributed by atoms with Crippen molar-refractivity contribution in [3.8, 4) is 5.75 Å². The summed E-state index contributed by atoms with van der Waals surface area (Å²) < 4.78 is 34.0. The number of rotatable bonds is 7. The number of aliphatic hydroxyl groups excluding tert-OH is 1. The fourth-order valence-electron chi connectivity index (χ4n) is 4.65. The number of phenolic OH excluding ortho intramolecular Hbond substituents is 1. The first-order chi connectivity index (χ1) is 19.3. The molecule has 10 heteroatoms. The van der Waals surface area contributed by atoms with E-state index >= 15 is 0 Å². The van der Waals surface area contributed by atoms with Crippen LogP contribution in [0, 0.1) is 11.6 Å². The van der Waals surface area contributed by atoms with Gasteiger partial charge in [-0.1, -0.05) is 53.5 Å². The summed E-state index contributed by atoms with van der Waals surface area (Å²) in [6.45, 7) is 0.254. The highest BCUT2D eigenvalue weighted by Gasteiger charge is 2.46. The Kier molecular flexibility index (Phi) is 6.83. The van der Waals surface area contributed by atoms with E-state index in [9.17, 15) is 19.0 Å². The highest BCUT2D eigenvalue weighted by atomic mass is 35.5. The highest BCUT2D eigenvalue weighted by molar-refractivity contribution is 6.35. The van der Waals surface area contributed by atoms with E-state index in [4.69, 9.17) is 27.9 Å². The summed E-state index contributed by atoms with van der Waals surface area (Å²) in [4.78, 5) is 7.86. The van der Waals surface area contributed by atoms with Gasteiger partial charge in [0.15, 0.2) is 0 Å². The third-order valence-corrected chi connectivity index (χ3v) is 7.13. The molecule has 0 radical (unpaired) electrons. The molecule has 4 N–H and O–H groups in total. The Balaban J connectivity index is 1.35. The number of fused-ring (bicyclic) bond motifs is 1. The molecule has 202 valence electrons. The van der Waals surface area contributed by atoms with Crippen LogP contribution >= 0.6 is 23.2 Å². The molecule has 2 atom stereocenters. The van der Waals surface area contributed by atoms with E-state index in [0.29, 0.717) is 33.1 Å². The summed E-state index contributed by atoms with van der Waals surface area (Å²) in [6.07, 6.45) is -0.957. The van der Waals surface area contributed by atoms with Crippen LogP contribution < -0.4 is 5.32 Å². The number of aromatic nitrogens is 2. The van der Waals surface area contributed by atoms with Crippen LogP contribution in [0.3, 0.4) is 0 Å². The van der Waals surface area contributed by atoms with Gasteiger partial charge in [-0.15, -0.1) is 0 Å². The number of anilines is 1. The Morgan fingerprint density at radius 1 is 0.975 bits per heavy atom. The van der Waals surface area contributed by atoms with Crippen molar-refractivity contribution in [2.75, 3.05) is 5.32 Å². The van der Waals surface area contributed by atoms with Crippen molar-refractivity contribution >= 4 is 51.3 Å². The number of nitrogens with zero attached hydrogens (tertiary/aromatic N) is 1. The lowest BCUT2D eigenvalue weighted by Crippen LogP contribution is -2.02. The molecule has 4 aromatic carbocycles. The maximum absolute atomic E-state index is 14.0. The normalized spacial score (nSPS) is 17.1. The molecule has 1 aliphatic rings. The lowest BCUT2D eigenvalue weighted by atomic mass is 10.00. The van der Waals surface area contributed by atoms with E-state index in [1.54, 1.807) is 12.1 Å². The first kappa shape index (κ1) is 26.1. The molecule has 5 aromatic rings. The maximum Gasteiger partial charge on any atom is 0.140 e. The quantitative estimate of drug-likeness (QED) is 0.116. The molecular weight excluding hydrogens is 559 g/mol. The van der Waals surface area contributed by atoms with E-state index in [2.05, 4.69) is 15.3 Å². The van der Waals surface area contributed by atoms with Gasteiger partial charge in [-0.3, -0.25) is 0 Å². The van der Waals surface area contributed by atoms with Gasteiger partial charge < -0.3 is 25.3 Å². The number of aromatic hydroxyl groups is 1. The molecule has 2 heterocycles. The first-order valence-electron chi connectivity index (χ1n) is 12.3. The average molecular weight is 580 g/mol. The summed E-state index contributed by atoms with van der Waals surface area (Å²) >= 11 is 12.1. The molecule has 1 fully saturated rings. The monoisotopic (exact) mass is 579 g/mol. The fraction of sp³-hybridized carbons (Fsp3) is 0.100. The number of H-pyrrole nitrogens is 1. The number of benzene rings is 4. The summed E-state index contributed by atoms with van der Waals surface area (Å²) in [7, 11) is 0. The van der Waals surface area contributed by atoms with Crippen molar-refractivity contribution in [2.24, 2.45) is 0 Å². The number of aliphatic hydroxyl groups is 1. The van der Waals surface area contributed by atoms with Crippen molar-refractivity contribution in [1.82, 2.24) is 9.97 Å². The second-order valence-electron chi connectivity index (χ2n) is 9.37. The number of nitrogens with one attached hydrogen (secondary N) is 2. The highest BCUT2D eigenvalue weighted by Crippen LogP contribution is 2.48. The van der Waals surface area contributed by atoms with Gasteiger partial charge in [-0.25, -0.2) is 13.8 Å². The van der Waals surface area contributed by atoms with Crippen LogP contribution in [-0.2, 0) is 11.3 Å². The minimum absolute atomic E-state index is 0.0300. The molecule has 6 rings (SSSR count). The molecule has 2 unspecified atom stereocenters. The summed E-state index contributed by atoms with van der Waals surface area (Å²) in [6, 6.07) is 20.8. The van der Waals surface area contributed by atoms with Gasteiger partial charge in [-0.05, 0) is 48.0 Å². The van der Waals surface area contributed by atoms with E-state index in [1.807, 2.05) is 42.5 Å². The van der Waals surface area contributed by atoms with E-state index in [1.165, 1.54) is 6.07 Å². The Morgan fingerprint density at radius 3 is 2.48 bits per heavy atom. The smallest absolute Gasteiger partial charge is 0.140 e. The van der Waals surface area contributed by atoms with Crippen molar-refractivity contribution in [3.63, 3.8) is 0 Å². The molecule has 0 bridgehead atoms. The second kappa shape index (κ2) is 10.5. The standard InChI is InChI=1S/C30H21Cl2F2N3O3/c31-18-8-17(26(38)22(32)11-18)14-35-21-6-7-23-24(13-21)37-30(36-23)25(27(39)16-9-19(33)12-20(34)10-16)29-28(40-29)15-4-2-1-3-5-15/h1-13,28-29,35,38-39H,14H2,(H,36,37)/b27-25+. The molecular formula is C30H21Cl2F2N3O3. The van der Waals surface area contributed by atoms with Crippen LogP contribution in [0.1, 0.15) is 28.6 Å². The largest absolute Gasteiger partial charge is 0.507 e. The number of imidazole rings is 1. The van der Waals surface area contributed by atoms with Gasteiger partial charge >= 0.3 is 0 Å². The Bertz CT molecular complexity index is 1760. The van der Waals surface area contributed by atoms with Gasteiger partial charge in [0.25, 0.3) is 0 Å². The molecule has 1 aliphatic heterocycles. The topological polar surface area (TPSA) is 93.7 Å². The molecule has 0 spiro atoms. The first-order valence-corrected chi connectivity index (χ1v) is 13.0. The minimum atomic E-state index is -0.815. The zero-order valence-electron chi connectivity index (χ0n) is 20.6. The van der Waals surface area contributed by atoms with Crippen molar-refractivity contribution < 1.29 is 23.7 Å². The van der Waals surface area contributed by atoms with Crippen molar-refractivity contribution in [2.45, 2.75) is 18.8 Å². The number of aromatic amines is 1. The molecule has 1 saturated heterocycles. The predicted molar refractivity (Wildman–Crippen MR) is 151 cm³/mol. The summed E-state index contributed by atoms with van der Waals surface area (Å²) in [5.41, 5.74) is 3.63. The molecule has 0 aliphatic carbocycles. The molecule has 1 aromatic heterocycles. The molecule has 0 amide bonds. The van der Waals surface area contributed by atoms with Gasteiger partial charge in [0.1, 0.15) is 41.2 Å². The lowest BCUT2D eigenvalue weighted by Gasteiger charge is -2.10. The number of epoxide rings is 1. The van der Waals surface area contributed by atoms with Crippen LogP contribution in [0.15, 0.2) is 78.9 Å². The van der Waals surface area contributed by atoms with Crippen LogP contribution in [0.4, 0.5) is 14.5 Å². The molecule has 0 saturated carbocycles. The van der Waals surface area contributed by atoms with Crippen molar-refractivity contribution in [3.05, 3.63) is 123 Å². The van der Waals surface area contributed by atoms with Gasteiger partial charge in [0.05, 0.1) is 21.6 Å². The minimum Gasteiger partial charge on any atom is -0.507 e. The number of hydrogen-bond donors (Lipinski definition) is 4. The number of ether oxygens (including phenoxy) is 1. The second-order valence-corrected chi connectivity index (χ2v) is 10.2.